The predicted octanol–water partition coefficient (Wildman–Crippen LogP) is -0.536. The topological polar surface area (TPSA) is 96.2 Å². The molecule has 0 radical (unpaired) electrons. The molecule has 6 nitrogen and oxygen atoms in total. The molecule has 0 aromatic carbocycles. The monoisotopic (exact) mass is 161 g/mol. The summed E-state index contributed by atoms with van der Waals surface area (Å²) < 4.78 is 4.25. The van der Waals surface area contributed by atoms with E-state index < -0.39 is 17.7 Å². The molecular weight excluding hydrogens is 154 g/mol. The van der Waals surface area contributed by atoms with Crippen LogP contribution in [0.5, 0.6) is 0 Å². The SMILES string of the molecule is CCOC(=O)/C(=N/O)C(=O)O. The van der Waals surface area contributed by atoms with E-state index in [0.29, 0.717) is 0 Å². The first-order valence-electron chi connectivity index (χ1n) is 2.76. The average molecular weight is 161 g/mol. The van der Waals surface area contributed by atoms with Crippen molar-refractivity contribution in [1.29, 1.82) is 0 Å². The number of ether oxygens (including phenoxy) is 1. The van der Waals surface area contributed by atoms with E-state index in [2.05, 4.69) is 9.89 Å². The number of aliphatic carboxylic acids is 1. The van der Waals surface area contributed by atoms with Gasteiger partial charge in [0.2, 0.25) is 0 Å². The van der Waals surface area contributed by atoms with Gasteiger partial charge in [-0.1, -0.05) is 5.16 Å². The van der Waals surface area contributed by atoms with E-state index in [-0.39, 0.29) is 6.61 Å². The molecule has 0 amide bonds. The number of hydrogen-bond acceptors (Lipinski definition) is 5. The van der Waals surface area contributed by atoms with Crippen molar-refractivity contribution < 1.29 is 24.6 Å². The summed E-state index contributed by atoms with van der Waals surface area (Å²) >= 11 is 0. The van der Waals surface area contributed by atoms with E-state index in [4.69, 9.17) is 10.3 Å². The molecule has 0 aliphatic heterocycles. The Morgan fingerprint density at radius 1 is 1.55 bits per heavy atom. The van der Waals surface area contributed by atoms with Gasteiger partial charge < -0.3 is 15.1 Å². The van der Waals surface area contributed by atoms with Crippen molar-refractivity contribution in [3.63, 3.8) is 0 Å². The number of carbonyl (C=O) groups is 2. The average Bonchev–Trinajstić information content (AvgIpc) is 1.88. The van der Waals surface area contributed by atoms with Crippen molar-refractivity contribution in [2.45, 2.75) is 6.92 Å². The van der Waals surface area contributed by atoms with E-state index in [1.165, 1.54) is 6.92 Å². The molecule has 0 aromatic heterocycles. The normalized spacial score (nSPS) is 10.8. The molecule has 0 unspecified atom stereocenters. The highest BCUT2D eigenvalue weighted by molar-refractivity contribution is 6.62. The second-order valence-corrected chi connectivity index (χ2v) is 1.47. The molecule has 0 bridgehead atoms. The van der Waals surface area contributed by atoms with Crippen molar-refractivity contribution in [2.24, 2.45) is 5.16 Å². The Hall–Kier alpha value is -1.59. The van der Waals surface area contributed by atoms with E-state index in [0.717, 1.165) is 0 Å². The van der Waals surface area contributed by atoms with Gasteiger partial charge in [0.15, 0.2) is 0 Å². The minimum Gasteiger partial charge on any atom is -0.476 e. The van der Waals surface area contributed by atoms with Crippen LogP contribution < -0.4 is 0 Å². The maximum atomic E-state index is 10.5. The quantitative estimate of drug-likeness (QED) is 0.190. The van der Waals surface area contributed by atoms with Gasteiger partial charge in [-0.2, -0.15) is 0 Å². The van der Waals surface area contributed by atoms with Crippen LogP contribution in [0.15, 0.2) is 5.16 Å². The van der Waals surface area contributed by atoms with Gasteiger partial charge in [-0.15, -0.1) is 0 Å². The van der Waals surface area contributed by atoms with Crippen molar-refractivity contribution in [1.82, 2.24) is 0 Å². The number of esters is 1. The van der Waals surface area contributed by atoms with Gasteiger partial charge in [0.25, 0.3) is 5.71 Å². The molecule has 0 aliphatic rings. The first-order valence-corrected chi connectivity index (χ1v) is 2.76. The lowest BCUT2D eigenvalue weighted by molar-refractivity contribution is -0.138. The minimum absolute atomic E-state index is 0.0329. The Morgan fingerprint density at radius 2 is 2.09 bits per heavy atom. The molecule has 0 spiro atoms. The summed E-state index contributed by atoms with van der Waals surface area (Å²) in [5.41, 5.74) is -1.02. The highest BCUT2D eigenvalue weighted by Gasteiger charge is 2.21. The smallest absolute Gasteiger partial charge is 0.368 e. The zero-order valence-corrected chi connectivity index (χ0v) is 5.77. The van der Waals surface area contributed by atoms with Crippen LogP contribution in [-0.4, -0.2) is 34.6 Å². The van der Waals surface area contributed by atoms with E-state index in [1.54, 1.807) is 0 Å². The van der Waals surface area contributed by atoms with E-state index in [9.17, 15) is 9.59 Å². The molecule has 0 aliphatic carbocycles. The van der Waals surface area contributed by atoms with Crippen LogP contribution in [0.1, 0.15) is 6.92 Å². The van der Waals surface area contributed by atoms with E-state index in [1.807, 2.05) is 0 Å². The molecule has 0 atom stereocenters. The van der Waals surface area contributed by atoms with Crippen LogP contribution in [0.3, 0.4) is 0 Å². The van der Waals surface area contributed by atoms with Gasteiger partial charge in [0.1, 0.15) is 0 Å². The molecule has 0 saturated heterocycles. The molecule has 0 heterocycles. The van der Waals surface area contributed by atoms with E-state index >= 15 is 0 Å². The summed E-state index contributed by atoms with van der Waals surface area (Å²) in [4.78, 5) is 20.6. The Morgan fingerprint density at radius 3 is 2.36 bits per heavy atom. The zero-order chi connectivity index (χ0) is 8.85. The molecule has 0 rings (SSSR count). The number of oxime groups is 1. The van der Waals surface area contributed by atoms with Crippen LogP contribution in [0, 0.1) is 0 Å². The number of nitrogens with zero attached hydrogens (tertiary/aromatic N) is 1. The molecule has 2 N–H and O–H groups in total. The van der Waals surface area contributed by atoms with Crippen molar-refractivity contribution in [2.75, 3.05) is 6.61 Å². The molecular formula is C5H7NO5. The van der Waals surface area contributed by atoms with Crippen LogP contribution in [0.4, 0.5) is 0 Å². The molecule has 6 heteroatoms. The maximum Gasteiger partial charge on any atom is 0.368 e. The highest BCUT2D eigenvalue weighted by atomic mass is 16.5. The van der Waals surface area contributed by atoms with Crippen LogP contribution >= 0.6 is 0 Å². The highest BCUT2D eigenvalue weighted by Crippen LogP contribution is 1.84. The summed E-state index contributed by atoms with van der Waals surface area (Å²) in [6.45, 7) is 1.54. The number of hydrogen-bond donors (Lipinski definition) is 2. The molecule has 11 heavy (non-hydrogen) atoms. The number of carbonyl (C=O) groups excluding carboxylic acids is 1. The van der Waals surface area contributed by atoms with Gasteiger partial charge >= 0.3 is 11.9 Å². The molecule has 0 aromatic rings. The molecule has 0 saturated carbocycles. The van der Waals surface area contributed by atoms with Crippen molar-refractivity contribution in [3.05, 3.63) is 0 Å². The van der Waals surface area contributed by atoms with Gasteiger partial charge in [-0.25, -0.2) is 9.59 Å². The van der Waals surface area contributed by atoms with Crippen LogP contribution in [0.2, 0.25) is 0 Å². The fourth-order valence-corrected chi connectivity index (χ4v) is 0.370. The van der Waals surface area contributed by atoms with Gasteiger partial charge in [-0.3, -0.25) is 0 Å². The first-order chi connectivity index (χ1) is 5.13. The summed E-state index contributed by atoms with van der Waals surface area (Å²) in [5, 5.41) is 18.4. The number of carboxylic acid groups (broad SMARTS) is 1. The lowest BCUT2D eigenvalue weighted by Crippen LogP contribution is -2.25. The first kappa shape index (κ1) is 9.41. The zero-order valence-electron chi connectivity index (χ0n) is 5.77. The fraction of sp³-hybridized carbons (Fsp3) is 0.400. The largest absolute Gasteiger partial charge is 0.476 e. The summed E-state index contributed by atoms with van der Waals surface area (Å²) in [6.07, 6.45) is 0. The second kappa shape index (κ2) is 4.26. The maximum absolute atomic E-state index is 10.5. The third-order valence-electron chi connectivity index (χ3n) is 0.771. The molecule has 0 fully saturated rings. The van der Waals surface area contributed by atoms with Gasteiger partial charge in [-0.05, 0) is 6.92 Å². The third kappa shape index (κ3) is 2.65. The van der Waals surface area contributed by atoms with Gasteiger partial charge in [0, 0.05) is 0 Å². The Bertz CT molecular complexity index is 197. The van der Waals surface area contributed by atoms with Crippen molar-refractivity contribution >= 4 is 17.7 Å². The fourth-order valence-electron chi connectivity index (χ4n) is 0.370. The van der Waals surface area contributed by atoms with Crippen LogP contribution in [-0.2, 0) is 14.3 Å². The Kier molecular flexibility index (Phi) is 3.65. The minimum atomic E-state index is -1.62. The predicted molar refractivity (Wildman–Crippen MR) is 33.5 cm³/mol. The Labute approximate surface area is 62.1 Å². The third-order valence-corrected chi connectivity index (χ3v) is 0.771. The van der Waals surface area contributed by atoms with Crippen molar-refractivity contribution in [3.8, 4) is 0 Å². The Balaban J connectivity index is 4.29. The lowest BCUT2D eigenvalue weighted by atomic mass is 10.4. The number of rotatable bonds is 3. The molecule has 62 valence electrons. The lowest BCUT2D eigenvalue weighted by Gasteiger charge is -1.97. The summed E-state index contributed by atoms with van der Waals surface area (Å²) in [7, 11) is 0. The van der Waals surface area contributed by atoms with Gasteiger partial charge in [0.05, 0.1) is 6.61 Å². The van der Waals surface area contributed by atoms with Crippen LogP contribution in [0.25, 0.3) is 0 Å². The summed E-state index contributed by atoms with van der Waals surface area (Å²) in [6, 6.07) is 0. The second-order valence-electron chi connectivity index (χ2n) is 1.47. The summed E-state index contributed by atoms with van der Waals surface area (Å²) in [5.74, 6) is -2.77. The number of carboxylic acids is 1. The standard InChI is InChI=1S/C5H7NO5/c1-2-11-5(9)3(6-10)4(7)8/h10H,2H2,1H3,(H,7,8)/b6-3+.